The number of nitrogens with zero attached hydrogens (tertiary/aromatic N) is 2. The average Bonchev–Trinajstić information content (AvgIpc) is 2.91. The molecule has 112 valence electrons. The summed E-state index contributed by atoms with van der Waals surface area (Å²) in [6, 6.07) is 5.48. The van der Waals surface area contributed by atoms with E-state index in [0.29, 0.717) is 17.1 Å². The van der Waals surface area contributed by atoms with Gasteiger partial charge in [-0.05, 0) is 25.5 Å². The maximum absolute atomic E-state index is 8.65. The Morgan fingerprint density at radius 1 is 1.57 bits per heavy atom. The van der Waals surface area contributed by atoms with E-state index in [-0.39, 0.29) is 11.9 Å². The molecule has 1 atom stereocenters. The molecule has 1 heterocycles. The second-order valence-corrected chi connectivity index (χ2v) is 6.38. The first-order valence-corrected chi connectivity index (χ1v) is 7.62. The van der Waals surface area contributed by atoms with Crippen molar-refractivity contribution in [3.8, 4) is 0 Å². The van der Waals surface area contributed by atoms with Gasteiger partial charge in [-0.3, -0.25) is 0 Å². The van der Waals surface area contributed by atoms with E-state index in [1.54, 1.807) is 23.5 Å². The van der Waals surface area contributed by atoms with Gasteiger partial charge in [0.1, 0.15) is 5.01 Å². The van der Waals surface area contributed by atoms with Crippen molar-refractivity contribution in [2.75, 3.05) is 0 Å². The van der Waals surface area contributed by atoms with Crippen LogP contribution in [0.4, 0.5) is 0 Å². The normalized spacial score (nSPS) is 13.4. The molecule has 0 aliphatic carbocycles. The van der Waals surface area contributed by atoms with Gasteiger partial charge in [0.2, 0.25) is 0 Å². The number of halogens is 1. The van der Waals surface area contributed by atoms with E-state index in [1.165, 1.54) is 4.88 Å². The number of amidine groups is 1. The van der Waals surface area contributed by atoms with Gasteiger partial charge in [0, 0.05) is 28.2 Å². The highest BCUT2D eigenvalue weighted by Gasteiger charge is 2.10. The molecule has 1 unspecified atom stereocenters. The van der Waals surface area contributed by atoms with Crippen molar-refractivity contribution < 1.29 is 5.21 Å². The first-order chi connectivity index (χ1) is 10.0. The minimum Gasteiger partial charge on any atom is -0.409 e. The molecule has 2 rings (SSSR count). The van der Waals surface area contributed by atoms with Gasteiger partial charge < -0.3 is 16.3 Å². The van der Waals surface area contributed by atoms with E-state index in [9.17, 15) is 0 Å². The highest BCUT2D eigenvalue weighted by atomic mass is 35.5. The van der Waals surface area contributed by atoms with E-state index in [2.05, 4.69) is 22.4 Å². The molecule has 0 spiro atoms. The zero-order valence-corrected chi connectivity index (χ0v) is 13.4. The monoisotopic (exact) mass is 324 g/mol. The van der Waals surface area contributed by atoms with Crippen LogP contribution in [0.15, 0.2) is 29.6 Å². The zero-order chi connectivity index (χ0) is 15.4. The lowest BCUT2D eigenvalue weighted by atomic mass is 10.1. The van der Waals surface area contributed by atoms with Crippen LogP contribution < -0.4 is 11.1 Å². The number of hydrogen-bond acceptors (Lipinski definition) is 5. The minimum absolute atomic E-state index is 0.0445. The first kappa shape index (κ1) is 15.8. The number of thiazole rings is 1. The second-order valence-electron chi connectivity index (χ2n) is 4.70. The Bertz CT molecular complexity index is 656. The van der Waals surface area contributed by atoms with Crippen molar-refractivity contribution in [2.45, 2.75) is 26.4 Å². The van der Waals surface area contributed by atoms with Crippen LogP contribution >= 0.6 is 22.9 Å². The van der Waals surface area contributed by atoms with Crippen LogP contribution in [-0.2, 0) is 6.54 Å². The van der Waals surface area contributed by atoms with Crippen molar-refractivity contribution in [3.05, 3.63) is 50.4 Å². The third-order valence-electron chi connectivity index (χ3n) is 3.06. The fourth-order valence-corrected chi connectivity index (χ4v) is 2.88. The summed E-state index contributed by atoms with van der Waals surface area (Å²) < 4.78 is 0. The number of benzene rings is 1. The lowest BCUT2D eigenvalue weighted by Gasteiger charge is -2.12. The SMILES string of the molecule is Cc1cnc(C(C)NCc2ccc(/C(N)=N/O)cc2Cl)s1. The van der Waals surface area contributed by atoms with E-state index in [0.717, 1.165) is 10.6 Å². The molecule has 0 amide bonds. The number of oxime groups is 1. The fraction of sp³-hybridized carbons (Fsp3) is 0.286. The Hall–Kier alpha value is -1.63. The summed E-state index contributed by atoms with van der Waals surface area (Å²) >= 11 is 7.90. The summed E-state index contributed by atoms with van der Waals surface area (Å²) in [5.41, 5.74) is 7.08. The maximum atomic E-state index is 8.65. The predicted octanol–water partition coefficient (Wildman–Crippen LogP) is 3.05. The largest absolute Gasteiger partial charge is 0.409 e. The van der Waals surface area contributed by atoms with E-state index in [4.69, 9.17) is 22.5 Å². The number of aromatic nitrogens is 1. The van der Waals surface area contributed by atoms with Gasteiger partial charge >= 0.3 is 0 Å². The molecular weight excluding hydrogens is 308 g/mol. The average molecular weight is 325 g/mol. The lowest BCUT2D eigenvalue weighted by Crippen LogP contribution is -2.18. The topological polar surface area (TPSA) is 83.5 Å². The quantitative estimate of drug-likeness (QED) is 0.341. The van der Waals surface area contributed by atoms with Gasteiger partial charge in [-0.1, -0.05) is 28.9 Å². The van der Waals surface area contributed by atoms with Crippen molar-refractivity contribution in [1.29, 1.82) is 0 Å². The van der Waals surface area contributed by atoms with E-state index >= 15 is 0 Å². The maximum Gasteiger partial charge on any atom is 0.170 e. The smallest absolute Gasteiger partial charge is 0.170 e. The predicted molar refractivity (Wildman–Crippen MR) is 86.1 cm³/mol. The van der Waals surface area contributed by atoms with Gasteiger partial charge in [-0.15, -0.1) is 11.3 Å². The number of hydrogen-bond donors (Lipinski definition) is 3. The van der Waals surface area contributed by atoms with Crippen LogP contribution in [0.2, 0.25) is 5.02 Å². The highest BCUT2D eigenvalue weighted by Crippen LogP contribution is 2.22. The van der Waals surface area contributed by atoms with Gasteiger partial charge in [-0.2, -0.15) is 0 Å². The Balaban J connectivity index is 2.03. The zero-order valence-electron chi connectivity index (χ0n) is 11.8. The van der Waals surface area contributed by atoms with Crippen LogP contribution in [0, 0.1) is 6.92 Å². The molecular formula is C14H17ClN4OS. The molecule has 0 saturated heterocycles. The van der Waals surface area contributed by atoms with Gasteiger partial charge in [0.25, 0.3) is 0 Å². The summed E-state index contributed by atoms with van der Waals surface area (Å²) in [4.78, 5) is 5.56. The molecule has 0 bridgehead atoms. The Kier molecular flexibility index (Phi) is 5.17. The number of nitrogens with two attached hydrogens (primary N) is 1. The van der Waals surface area contributed by atoms with Crippen LogP contribution in [0.1, 0.15) is 34.0 Å². The van der Waals surface area contributed by atoms with Crippen LogP contribution in [0.3, 0.4) is 0 Å². The standard InChI is InChI=1S/C14H17ClN4OS/c1-8-6-18-14(21-8)9(2)17-7-11-4-3-10(5-12(11)15)13(16)19-20/h3-6,9,17,20H,7H2,1-2H3,(H2,16,19). The molecule has 1 aromatic carbocycles. The van der Waals surface area contributed by atoms with Crippen LogP contribution in [-0.4, -0.2) is 16.0 Å². The summed E-state index contributed by atoms with van der Waals surface area (Å²) in [6.07, 6.45) is 1.87. The third kappa shape index (κ3) is 3.93. The van der Waals surface area contributed by atoms with E-state index < -0.39 is 0 Å². The molecule has 2 aromatic rings. The van der Waals surface area contributed by atoms with E-state index in [1.807, 2.05) is 19.2 Å². The number of rotatable bonds is 5. The Morgan fingerprint density at radius 3 is 2.90 bits per heavy atom. The molecule has 7 heteroatoms. The fourth-order valence-electron chi connectivity index (χ4n) is 1.83. The van der Waals surface area contributed by atoms with Gasteiger partial charge in [0.15, 0.2) is 5.84 Å². The summed E-state index contributed by atoms with van der Waals surface area (Å²) in [5.74, 6) is 0.0445. The van der Waals surface area contributed by atoms with Crippen LogP contribution in [0.5, 0.6) is 0 Å². The molecule has 0 saturated carbocycles. The highest BCUT2D eigenvalue weighted by molar-refractivity contribution is 7.11. The van der Waals surface area contributed by atoms with Crippen molar-refractivity contribution in [1.82, 2.24) is 10.3 Å². The molecule has 4 N–H and O–H groups in total. The lowest BCUT2D eigenvalue weighted by molar-refractivity contribution is 0.318. The van der Waals surface area contributed by atoms with Crippen LogP contribution in [0.25, 0.3) is 0 Å². The minimum atomic E-state index is 0.0445. The Morgan fingerprint density at radius 2 is 2.33 bits per heavy atom. The summed E-state index contributed by atoms with van der Waals surface area (Å²) in [6.45, 7) is 4.72. The molecule has 1 aromatic heterocycles. The third-order valence-corrected chi connectivity index (χ3v) is 4.51. The first-order valence-electron chi connectivity index (χ1n) is 6.43. The molecule has 0 radical (unpaired) electrons. The van der Waals surface area contributed by atoms with Crippen molar-refractivity contribution in [2.24, 2.45) is 10.9 Å². The molecule has 0 aliphatic heterocycles. The summed E-state index contributed by atoms with van der Waals surface area (Å²) in [5, 5.41) is 16.6. The molecule has 0 fully saturated rings. The summed E-state index contributed by atoms with van der Waals surface area (Å²) in [7, 11) is 0. The molecule has 5 nitrogen and oxygen atoms in total. The Labute approximate surface area is 132 Å². The van der Waals surface area contributed by atoms with Gasteiger partial charge in [-0.25, -0.2) is 4.98 Å². The van der Waals surface area contributed by atoms with Gasteiger partial charge in [0.05, 0.1) is 6.04 Å². The second kappa shape index (κ2) is 6.89. The van der Waals surface area contributed by atoms with Crippen molar-refractivity contribution >= 4 is 28.8 Å². The number of nitrogens with one attached hydrogen (secondary N) is 1. The molecule has 21 heavy (non-hydrogen) atoms. The number of aryl methyl sites for hydroxylation is 1. The van der Waals surface area contributed by atoms with Crippen molar-refractivity contribution in [3.63, 3.8) is 0 Å². The molecule has 0 aliphatic rings.